The van der Waals surface area contributed by atoms with Crippen LogP contribution in [0.2, 0.25) is 0 Å². The van der Waals surface area contributed by atoms with Crippen molar-refractivity contribution in [1.82, 2.24) is 10.3 Å². The molecule has 0 bridgehead atoms. The Morgan fingerprint density at radius 3 is 2.62 bits per heavy atom. The zero-order chi connectivity index (χ0) is 17.0. The van der Waals surface area contributed by atoms with Gasteiger partial charge in [-0.25, -0.2) is 4.98 Å². The maximum atomic E-state index is 12.3. The van der Waals surface area contributed by atoms with E-state index in [1.807, 2.05) is 25.1 Å². The highest BCUT2D eigenvalue weighted by molar-refractivity contribution is 7.15. The second-order valence-corrected chi connectivity index (χ2v) is 7.47. The molecule has 0 amide bonds. The molecule has 0 radical (unpaired) electrons. The van der Waals surface area contributed by atoms with E-state index in [2.05, 4.69) is 17.4 Å². The first-order chi connectivity index (χ1) is 11.6. The highest BCUT2D eigenvalue weighted by Crippen LogP contribution is 2.32. The fraction of sp³-hybridized carbons (Fsp3) is 0.474. The number of hydrogen-bond donors (Lipinski definition) is 1. The number of esters is 1. The smallest absolute Gasteiger partial charge is 0.326 e. The zero-order valence-electron chi connectivity index (χ0n) is 14.3. The Kier molecular flexibility index (Phi) is 5.31. The van der Waals surface area contributed by atoms with Gasteiger partial charge in [0.25, 0.3) is 0 Å². The monoisotopic (exact) mass is 344 g/mol. The summed E-state index contributed by atoms with van der Waals surface area (Å²) >= 11 is 1.69. The van der Waals surface area contributed by atoms with Crippen LogP contribution in [0.25, 0.3) is 10.6 Å². The van der Waals surface area contributed by atoms with Crippen molar-refractivity contribution in [3.05, 3.63) is 40.9 Å². The van der Waals surface area contributed by atoms with Crippen LogP contribution < -0.4 is 5.32 Å². The van der Waals surface area contributed by atoms with Crippen LogP contribution in [0, 0.1) is 6.92 Å². The highest BCUT2D eigenvalue weighted by atomic mass is 32.1. The van der Waals surface area contributed by atoms with Crippen LogP contribution in [0.1, 0.15) is 42.7 Å². The van der Waals surface area contributed by atoms with Gasteiger partial charge >= 0.3 is 5.97 Å². The lowest BCUT2D eigenvalue weighted by atomic mass is 9.81. The number of aromatic nitrogens is 1. The molecule has 3 rings (SSSR count). The Balaban J connectivity index is 1.76. The van der Waals surface area contributed by atoms with E-state index in [0.717, 1.165) is 41.9 Å². The van der Waals surface area contributed by atoms with Gasteiger partial charge in [-0.05, 0) is 19.8 Å². The van der Waals surface area contributed by atoms with E-state index < -0.39 is 5.54 Å². The van der Waals surface area contributed by atoms with Gasteiger partial charge in [0, 0.05) is 17.0 Å². The summed E-state index contributed by atoms with van der Waals surface area (Å²) in [6.07, 6.45) is 5.03. The van der Waals surface area contributed by atoms with Crippen molar-refractivity contribution in [2.45, 2.75) is 51.1 Å². The van der Waals surface area contributed by atoms with Gasteiger partial charge in [-0.3, -0.25) is 10.1 Å². The summed E-state index contributed by atoms with van der Waals surface area (Å²) in [5.41, 5.74) is 1.63. The van der Waals surface area contributed by atoms with Crippen LogP contribution in [-0.4, -0.2) is 23.6 Å². The number of hydrogen-bond acceptors (Lipinski definition) is 5. The van der Waals surface area contributed by atoms with E-state index in [9.17, 15) is 4.79 Å². The topological polar surface area (TPSA) is 51.2 Å². The van der Waals surface area contributed by atoms with E-state index in [0.29, 0.717) is 6.54 Å². The van der Waals surface area contributed by atoms with E-state index in [1.165, 1.54) is 18.4 Å². The molecule has 128 valence electrons. The lowest BCUT2D eigenvalue weighted by molar-refractivity contribution is -0.150. The first-order valence-electron chi connectivity index (χ1n) is 8.50. The van der Waals surface area contributed by atoms with Crippen molar-refractivity contribution >= 4 is 17.3 Å². The molecule has 4 nitrogen and oxygen atoms in total. The minimum absolute atomic E-state index is 0.132. The number of ether oxygens (including phenoxy) is 1. The molecule has 2 aromatic rings. The molecule has 1 aliphatic carbocycles. The molecule has 0 saturated heterocycles. The maximum Gasteiger partial charge on any atom is 0.326 e. The fourth-order valence-corrected chi connectivity index (χ4v) is 4.36. The molecule has 1 aromatic carbocycles. The molecule has 1 N–H and O–H groups in total. The number of aryl methyl sites for hydroxylation is 1. The minimum atomic E-state index is -0.531. The molecule has 0 aliphatic heterocycles. The van der Waals surface area contributed by atoms with Gasteiger partial charge in [-0.1, -0.05) is 49.6 Å². The van der Waals surface area contributed by atoms with Gasteiger partial charge in [0.2, 0.25) is 0 Å². The van der Waals surface area contributed by atoms with E-state index in [1.54, 1.807) is 11.3 Å². The number of nitrogens with one attached hydrogen (secondary N) is 1. The van der Waals surface area contributed by atoms with Crippen molar-refractivity contribution in [3.63, 3.8) is 0 Å². The summed E-state index contributed by atoms with van der Waals surface area (Å²) < 4.78 is 5.07. The summed E-state index contributed by atoms with van der Waals surface area (Å²) in [5, 5.41) is 4.53. The van der Waals surface area contributed by atoms with Crippen LogP contribution in [0.15, 0.2) is 30.3 Å². The van der Waals surface area contributed by atoms with Crippen molar-refractivity contribution in [2.75, 3.05) is 7.11 Å². The Morgan fingerprint density at radius 2 is 1.96 bits per heavy atom. The van der Waals surface area contributed by atoms with E-state index in [4.69, 9.17) is 9.72 Å². The fourth-order valence-electron chi connectivity index (χ4n) is 3.35. The first kappa shape index (κ1) is 17.1. The number of rotatable bonds is 5. The molecule has 1 aromatic heterocycles. The van der Waals surface area contributed by atoms with Crippen LogP contribution in [0.4, 0.5) is 0 Å². The average molecular weight is 344 g/mol. The third-order valence-corrected chi connectivity index (χ3v) is 5.99. The summed E-state index contributed by atoms with van der Waals surface area (Å²) in [7, 11) is 1.48. The molecule has 1 saturated carbocycles. The van der Waals surface area contributed by atoms with Gasteiger partial charge < -0.3 is 4.74 Å². The molecular formula is C19H24N2O2S. The van der Waals surface area contributed by atoms with Crippen LogP contribution in [-0.2, 0) is 16.1 Å². The highest BCUT2D eigenvalue weighted by Gasteiger charge is 2.40. The van der Waals surface area contributed by atoms with E-state index >= 15 is 0 Å². The quantitative estimate of drug-likeness (QED) is 0.830. The van der Waals surface area contributed by atoms with Crippen molar-refractivity contribution in [1.29, 1.82) is 0 Å². The molecule has 5 heteroatoms. The van der Waals surface area contributed by atoms with Crippen LogP contribution in [0.3, 0.4) is 0 Å². The van der Waals surface area contributed by atoms with Crippen molar-refractivity contribution in [2.24, 2.45) is 0 Å². The Morgan fingerprint density at radius 1 is 1.25 bits per heavy atom. The van der Waals surface area contributed by atoms with Crippen molar-refractivity contribution < 1.29 is 9.53 Å². The summed E-state index contributed by atoms with van der Waals surface area (Å²) in [6, 6.07) is 10.2. The third kappa shape index (κ3) is 3.52. The normalized spacial score (nSPS) is 16.8. The zero-order valence-corrected chi connectivity index (χ0v) is 15.1. The number of benzene rings is 1. The van der Waals surface area contributed by atoms with Gasteiger partial charge in [0.15, 0.2) is 0 Å². The first-order valence-corrected chi connectivity index (χ1v) is 9.31. The number of carbonyl (C=O) groups excluding carboxylic acids is 1. The Hall–Kier alpha value is -1.72. The van der Waals surface area contributed by atoms with E-state index in [-0.39, 0.29) is 5.97 Å². The standard InChI is InChI=1S/C19H24N2O2S/c1-14-16(24-17(21-14)15-9-5-3-6-10-15)13-20-19(18(22)23-2)11-7-4-8-12-19/h3,5-6,9-10,20H,4,7-8,11-13H2,1-2H3. The lowest BCUT2D eigenvalue weighted by Crippen LogP contribution is -2.53. The van der Waals surface area contributed by atoms with Crippen LogP contribution >= 0.6 is 11.3 Å². The van der Waals surface area contributed by atoms with Gasteiger partial charge in [0.05, 0.1) is 12.8 Å². The average Bonchev–Trinajstić information content (AvgIpc) is 3.01. The lowest BCUT2D eigenvalue weighted by Gasteiger charge is -2.35. The number of methoxy groups -OCH3 is 1. The largest absolute Gasteiger partial charge is 0.468 e. The molecule has 1 heterocycles. The molecule has 0 atom stereocenters. The summed E-state index contributed by atoms with van der Waals surface area (Å²) in [4.78, 5) is 18.2. The minimum Gasteiger partial charge on any atom is -0.468 e. The SMILES string of the molecule is COC(=O)C1(NCc2sc(-c3ccccc3)nc2C)CCCCC1. The molecule has 0 spiro atoms. The molecule has 1 fully saturated rings. The maximum absolute atomic E-state index is 12.3. The Labute approximate surface area is 147 Å². The van der Waals surface area contributed by atoms with Crippen LogP contribution in [0.5, 0.6) is 0 Å². The summed E-state index contributed by atoms with van der Waals surface area (Å²) in [6.45, 7) is 2.69. The number of carbonyl (C=O) groups is 1. The second-order valence-electron chi connectivity index (χ2n) is 6.38. The van der Waals surface area contributed by atoms with Gasteiger partial charge in [-0.2, -0.15) is 0 Å². The van der Waals surface area contributed by atoms with Crippen molar-refractivity contribution in [3.8, 4) is 10.6 Å². The molecular weight excluding hydrogens is 320 g/mol. The van der Waals surface area contributed by atoms with Gasteiger partial charge in [0.1, 0.15) is 10.5 Å². The molecule has 24 heavy (non-hydrogen) atoms. The second kappa shape index (κ2) is 7.45. The predicted molar refractivity (Wildman–Crippen MR) is 97.0 cm³/mol. The summed E-state index contributed by atoms with van der Waals surface area (Å²) in [5.74, 6) is -0.132. The Bertz CT molecular complexity index is 691. The third-order valence-electron chi connectivity index (χ3n) is 4.78. The predicted octanol–water partition coefficient (Wildman–Crippen LogP) is 4.08. The number of nitrogens with zero attached hydrogens (tertiary/aromatic N) is 1. The molecule has 0 unspecified atom stereocenters. The number of thiazole rings is 1. The molecule has 1 aliphatic rings. The van der Waals surface area contributed by atoms with Gasteiger partial charge in [-0.15, -0.1) is 11.3 Å².